The van der Waals surface area contributed by atoms with Crippen molar-refractivity contribution < 1.29 is 9.53 Å². The second-order valence-corrected chi connectivity index (χ2v) is 4.85. The Morgan fingerprint density at radius 3 is 2.67 bits per heavy atom. The van der Waals surface area contributed by atoms with E-state index in [-0.39, 0.29) is 5.91 Å². The largest absolute Gasteiger partial charge is 0.494 e. The maximum Gasteiger partial charge on any atom is 0.251 e. The maximum atomic E-state index is 12.0. The molecule has 0 saturated heterocycles. The van der Waals surface area contributed by atoms with Gasteiger partial charge in [-0.15, -0.1) is 0 Å². The van der Waals surface area contributed by atoms with Crippen molar-refractivity contribution in [3.05, 3.63) is 59.7 Å². The van der Waals surface area contributed by atoms with Crippen molar-refractivity contribution in [2.45, 2.75) is 13.3 Å². The minimum absolute atomic E-state index is 0.0767. The van der Waals surface area contributed by atoms with Gasteiger partial charge in [0.1, 0.15) is 5.75 Å². The van der Waals surface area contributed by atoms with E-state index in [1.54, 1.807) is 18.2 Å². The third-order valence-electron chi connectivity index (χ3n) is 3.11. The molecule has 110 valence electrons. The summed E-state index contributed by atoms with van der Waals surface area (Å²) in [5.41, 5.74) is 7.88. The number of ether oxygens (including phenoxy) is 1. The zero-order chi connectivity index (χ0) is 15.1. The smallest absolute Gasteiger partial charge is 0.251 e. The van der Waals surface area contributed by atoms with E-state index in [1.165, 1.54) is 0 Å². The first kappa shape index (κ1) is 14.9. The average molecular weight is 284 g/mol. The molecule has 0 aliphatic heterocycles. The molecule has 0 saturated carbocycles. The molecule has 0 atom stereocenters. The number of nitrogens with two attached hydrogens (primary N) is 1. The van der Waals surface area contributed by atoms with Gasteiger partial charge in [0, 0.05) is 17.8 Å². The van der Waals surface area contributed by atoms with Crippen LogP contribution in [0.5, 0.6) is 5.75 Å². The van der Waals surface area contributed by atoms with Crippen LogP contribution >= 0.6 is 0 Å². The molecule has 0 heterocycles. The van der Waals surface area contributed by atoms with Crippen molar-refractivity contribution in [3.8, 4) is 5.75 Å². The van der Waals surface area contributed by atoms with Gasteiger partial charge in [-0.3, -0.25) is 4.79 Å². The summed E-state index contributed by atoms with van der Waals surface area (Å²) >= 11 is 0. The number of carbonyl (C=O) groups excluding carboxylic acids is 1. The summed E-state index contributed by atoms with van der Waals surface area (Å²) in [6, 6.07) is 14.9. The van der Waals surface area contributed by atoms with Crippen molar-refractivity contribution in [2.75, 3.05) is 18.9 Å². The van der Waals surface area contributed by atoms with Gasteiger partial charge in [-0.25, -0.2) is 0 Å². The Morgan fingerprint density at radius 1 is 1.19 bits per heavy atom. The SMILES string of the molecule is Cc1cc(N)ccc1C(=O)NCCCOc1ccccc1. The van der Waals surface area contributed by atoms with E-state index >= 15 is 0 Å². The fraction of sp³-hybridized carbons (Fsp3) is 0.235. The standard InChI is InChI=1S/C17H20N2O2/c1-13-12-14(18)8-9-16(13)17(20)19-10-5-11-21-15-6-3-2-4-7-15/h2-4,6-9,12H,5,10-11,18H2,1H3,(H,19,20). The van der Waals surface area contributed by atoms with Crippen molar-refractivity contribution in [1.82, 2.24) is 5.32 Å². The normalized spacial score (nSPS) is 10.1. The molecule has 0 radical (unpaired) electrons. The van der Waals surface area contributed by atoms with Crippen molar-refractivity contribution in [3.63, 3.8) is 0 Å². The number of aryl methyl sites for hydroxylation is 1. The number of carbonyl (C=O) groups is 1. The van der Waals surface area contributed by atoms with Crippen molar-refractivity contribution >= 4 is 11.6 Å². The highest BCUT2D eigenvalue weighted by Crippen LogP contribution is 2.12. The van der Waals surface area contributed by atoms with E-state index in [1.807, 2.05) is 37.3 Å². The molecule has 0 aliphatic rings. The molecule has 0 aliphatic carbocycles. The number of hydrogen-bond donors (Lipinski definition) is 2. The van der Waals surface area contributed by atoms with Gasteiger partial charge in [0.25, 0.3) is 5.91 Å². The van der Waals surface area contributed by atoms with E-state index in [9.17, 15) is 4.79 Å². The monoisotopic (exact) mass is 284 g/mol. The molecule has 0 bridgehead atoms. The summed E-state index contributed by atoms with van der Waals surface area (Å²) in [5, 5.41) is 2.89. The number of anilines is 1. The van der Waals surface area contributed by atoms with Gasteiger partial charge in [0.05, 0.1) is 6.61 Å². The van der Waals surface area contributed by atoms with Crippen molar-refractivity contribution in [1.29, 1.82) is 0 Å². The predicted octanol–water partition coefficient (Wildman–Crippen LogP) is 2.78. The number of hydrogen-bond acceptors (Lipinski definition) is 3. The zero-order valence-electron chi connectivity index (χ0n) is 12.1. The van der Waals surface area contributed by atoms with Crippen LogP contribution in [0.4, 0.5) is 5.69 Å². The molecule has 4 heteroatoms. The minimum Gasteiger partial charge on any atom is -0.494 e. The molecule has 21 heavy (non-hydrogen) atoms. The first-order valence-electron chi connectivity index (χ1n) is 6.99. The fourth-order valence-corrected chi connectivity index (χ4v) is 2.02. The molecule has 0 fully saturated rings. The molecule has 4 nitrogen and oxygen atoms in total. The van der Waals surface area contributed by atoms with Crippen LogP contribution in [0.3, 0.4) is 0 Å². The second kappa shape index (κ2) is 7.33. The number of amides is 1. The van der Waals surface area contributed by atoms with Crippen LogP contribution in [0.2, 0.25) is 0 Å². The molecule has 0 spiro atoms. The second-order valence-electron chi connectivity index (χ2n) is 4.85. The molecular formula is C17H20N2O2. The van der Waals surface area contributed by atoms with E-state index in [4.69, 9.17) is 10.5 Å². The molecular weight excluding hydrogens is 264 g/mol. The van der Waals surface area contributed by atoms with E-state index in [0.29, 0.717) is 24.4 Å². The highest BCUT2D eigenvalue weighted by molar-refractivity contribution is 5.95. The number of nitrogen functional groups attached to an aromatic ring is 1. The molecule has 3 N–H and O–H groups in total. The Kier molecular flexibility index (Phi) is 5.21. The lowest BCUT2D eigenvalue weighted by Crippen LogP contribution is -2.26. The van der Waals surface area contributed by atoms with Crippen LogP contribution in [-0.2, 0) is 0 Å². The van der Waals surface area contributed by atoms with Gasteiger partial charge in [0.2, 0.25) is 0 Å². The van der Waals surface area contributed by atoms with Gasteiger partial charge in [-0.2, -0.15) is 0 Å². The third kappa shape index (κ3) is 4.53. The maximum absolute atomic E-state index is 12.0. The van der Waals surface area contributed by atoms with Crippen LogP contribution < -0.4 is 15.8 Å². The first-order chi connectivity index (χ1) is 10.2. The van der Waals surface area contributed by atoms with E-state index in [2.05, 4.69) is 5.32 Å². The number of nitrogens with one attached hydrogen (secondary N) is 1. The van der Waals surface area contributed by atoms with Gasteiger partial charge in [-0.1, -0.05) is 18.2 Å². The summed E-state index contributed by atoms with van der Waals surface area (Å²) in [4.78, 5) is 12.0. The molecule has 1 amide bonds. The van der Waals surface area contributed by atoms with Crippen LogP contribution in [0.1, 0.15) is 22.3 Å². The van der Waals surface area contributed by atoms with E-state index in [0.717, 1.165) is 17.7 Å². The topological polar surface area (TPSA) is 64.4 Å². The van der Waals surface area contributed by atoms with Gasteiger partial charge >= 0.3 is 0 Å². The summed E-state index contributed by atoms with van der Waals surface area (Å²) in [7, 11) is 0. The Bertz CT molecular complexity index is 597. The number of para-hydroxylation sites is 1. The third-order valence-corrected chi connectivity index (χ3v) is 3.11. The molecule has 2 aromatic rings. The first-order valence-corrected chi connectivity index (χ1v) is 6.99. The summed E-state index contributed by atoms with van der Waals surface area (Å²) < 4.78 is 5.57. The lowest BCUT2D eigenvalue weighted by atomic mass is 10.1. The Labute approximate surface area is 124 Å². The molecule has 2 rings (SSSR count). The lowest BCUT2D eigenvalue weighted by Gasteiger charge is -2.09. The van der Waals surface area contributed by atoms with Crippen molar-refractivity contribution in [2.24, 2.45) is 0 Å². The minimum atomic E-state index is -0.0767. The molecule has 0 unspecified atom stereocenters. The van der Waals surface area contributed by atoms with Gasteiger partial charge in [-0.05, 0) is 49.2 Å². The highest BCUT2D eigenvalue weighted by Gasteiger charge is 2.08. The summed E-state index contributed by atoms with van der Waals surface area (Å²) in [5.74, 6) is 0.769. The molecule has 0 aromatic heterocycles. The fourth-order valence-electron chi connectivity index (χ4n) is 2.02. The lowest BCUT2D eigenvalue weighted by molar-refractivity contribution is 0.0951. The van der Waals surface area contributed by atoms with Gasteiger partial charge < -0.3 is 15.8 Å². The average Bonchev–Trinajstić information content (AvgIpc) is 2.47. The summed E-state index contributed by atoms with van der Waals surface area (Å²) in [6.45, 7) is 3.03. The van der Waals surface area contributed by atoms with Crippen LogP contribution in [0, 0.1) is 6.92 Å². The van der Waals surface area contributed by atoms with Crippen LogP contribution in [0.25, 0.3) is 0 Å². The highest BCUT2D eigenvalue weighted by atomic mass is 16.5. The van der Waals surface area contributed by atoms with Crippen LogP contribution in [-0.4, -0.2) is 19.1 Å². The Morgan fingerprint density at radius 2 is 1.95 bits per heavy atom. The molecule has 2 aromatic carbocycles. The number of benzene rings is 2. The Hall–Kier alpha value is -2.49. The van der Waals surface area contributed by atoms with Crippen LogP contribution in [0.15, 0.2) is 48.5 Å². The predicted molar refractivity (Wildman–Crippen MR) is 84.5 cm³/mol. The van der Waals surface area contributed by atoms with E-state index < -0.39 is 0 Å². The summed E-state index contributed by atoms with van der Waals surface area (Å²) in [6.07, 6.45) is 0.759. The Balaban J connectivity index is 1.72. The quantitative estimate of drug-likeness (QED) is 0.633. The zero-order valence-corrected chi connectivity index (χ0v) is 12.1. The van der Waals surface area contributed by atoms with Gasteiger partial charge in [0.15, 0.2) is 0 Å². The number of rotatable bonds is 6.